The van der Waals surface area contributed by atoms with Gasteiger partial charge in [0.1, 0.15) is 0 Å². The van der Waals surface area contributed by atoms with Gasteiger partial charge in [0.2, 0.25) is 0 Å². The molecule has 2 rings (SSSR count). The molecule has 2 amide bonds. The van der Waals surface area contributed by atoms with Crippen LogP contribution in [0, 0.1) is 0 Å². The summed E-state index contributed by atoms with van der Waals surface area (Å²) in [6, 6.07) is 11.1. The lowest BCUT2D eigenvalue weighted by molar-refractivity contribution is -0.136. The van der Waals surface area contributed by atoms with E-state index < -0.39 is 11.8 Å². The zero-order valence-electron chi connectivity index (χ0n) is 12.9. The third-order valence-electron chi connectivity index (χ3n) is 3.44. The number of anilines is 1. The van der Waals surface area contributed by atoms with Gasteiger partial charge in [-0.2, -0.15) is 0 Å². The Hall–Kier alpha value is -2.18. The van der Waals surface area contributed by atoms with Gasteiger partial charge >= 0.3 is 11.8 Å². The fourth-order valence-electron chi connectivity index (χ4n) is 2.17. The lowest BCUT2D eigenvalue weighted by Gasteiger charge is -2.15. The fourth-order valence-corrected chi connectivity index (χ4v) is 2.89. The number of amides is 2. The highest BCUT2D eigenvalue weighted by molar-refractivity contribution is 7.13. The Balaban J connectivity index is 2.00. The number of hydrogen-bond acceptors (Lipinski definition) is 4. The van der Waals surface area contributed by atoms with Crippen molar-refractivity contribution in [3.63, 3.8) is 0 Å². The van der Waals surface area contributed by atoms with Gasteiger partial charge in [-0.15, -0.1) is 11.3 Å². The molecular weight excluding hydrogens is 312 g/mol. The number of benzene rings is 1. The predicted octanol–water partition coefficient (Wildman–Crippen LogP) is 2.63. The van der Waals surface area contributed by atoms with Crippen LogP contribution in [0.15, 0.2) is 41.8 Å². The molecular formula is C17H20N2O3S. The van der Waals surface area contributed by atoms with Crippen LogP contribution >= 0.6 is 11.3 Å². The summed E-state index contributed by atoms with van der Waals surface area (Å²) in [6.07, 6.45) is 1.09. The summed E-state index contributed by atoms with van der Waals surface area (Å²) in [6.45, 7) is 1.87. The molecule has 0 saturated carbocycles. The van der Waals surface area contributed by atoms with E-state index in [1.54, 1.807) is 17.4 Å². The van der Waals surface area contributed by atoms with Crippen molar-refractivity contribution in [3.8, 4) is 10.4 Å². The van der Waals surface area contributed by atoms with Crippen LogP contribution in [0.5, 0.6) is 0 Å². The number of rotatable bonds is 6. The minimum Gasteiger partial charge on any atom is -0.396 e. The zero-order chi connectivity index (χ0) is 16.7. The SMILES string of the molecule is CCC(CCO)NC(=O)C(=O)Nc1cccc(-c2cccs2)c1. The first-order valence-corrected chi connectivity index (χ1v) is 8.38. The molecule has 5 nitrogen and oxygen atoms in total. The molecule has 3 N–H and O–H groups in total. The minimum atomic E-state index is -0.704. The first-order chi connectivity index (χ1) is 11.1. The Morgan fingerprint density at radius 1 is 1.22 bits per heavy atom. The molecule has 0 saturated heterocycles. The van der Waals surface area contributed by atoms with E-state index in [0.717, 1.165) is 10.4 Å². The summed E-state index contributed by atoms with van der Waals surface area (Å²) in [5, 5.41) is 16.1. The van der Waals surface area contributed by atoms with Gasteiger partial charge in [0.05, 0.1) is 0 Å². The molecule has 0 bridgehead atoms. The molecule has 1 aromatic heterocycles. The van der Waals surface area contributed by atoms with Crippen molar-refractivity contribution in [1.82, 2.24) is 5.32 Å². The van der Waals surface area contributed by atoms with Crippen molar-refractivity contribution in [3.05, 3.63) is 41.8 Å². The van der Waals surface area contributed by atoms with Crippen LogP contribution in [-0.2, 0) is 9.59 Å². The Bertz CT molecular complexity index is 656. The maximum Gasteiger partial charge on any atom is 0.313 e. The number of carbonyl (C=O) groups is 2. The molecule has 23 heavy (non-hydrogen) atoms. The second-order valence-electron chi connectivity index (χ2n) is 5.10. The lowest BCUT2D eigenvalue weighted by atomic mass is 10.1. The highest BCUT2D eigenvalue weighted by Gasteiger charge is 2.17. The van der Waals surface area contributed by atoms with E-state index in [2.05, 4.69) is 10.6 Å². The van der Waals surface area contributed by atoms with Crippen molar-refractivity contribution < 1.29 is 14.7 Å². The zero-order valence-corrected chi connectivity index (χ0v) is 13.7. The number of nitrogens with one attached hydrogen (secondary N) is 2. The van der Waals surface area contributed by atoms with Gasteiger partial charge in [-0.25, -0.2) is 0 Å². The summed E-state index contributed by atoms with van der Waals surface area (Å²) in [5.74, 6) is -1.39. The summed E-state index contributed by atoms with van der Waals surface area (Å²) in [5.41, 5.74) is 1.57. The molecule has 1 heterocycles. The van der Waals surface area contributed by atoms with Crippen LogP contribution in [-0.4, -0.2) is 29.6 Å². The van der Waals surface area contributed by atoms with Crippen molar-refractivity contribution in [1.29, 1.82) is 0 Å². The third kappa shape index (κ3) is 4.91. The van der Waals surface area contributed by atoms with E-state index in [0.29, 0.717) is 18.5 Å². The quantitative estimate of drug-likeness (QED) is 0.712. The fraction of sp³-hybridized carbons (Fsp3) is 0.294. The van der Waals surface area contributed by atoms with E-state index >= 15 is 0 Å². The van der Waals surface area contributed by atoms with Gasteiger partial charge in [-0.3, -0.25) is 9.59 Å². The summed E-state index contributed by atoms with van der Waals surface area (Å²) in [7, 11) is 0. The van der Waals surface area contributed by atoms with Crippen LogP contribution < -0.4 is 10.6 Å². The maximum absolute atomic E-state index is 12.0. The van der Waals surface area contributed by atoms with Crippen LogP contribution in [0.3, 0.4) is 0 Å². The van der Waals surface area contributed by atoms with Gasteiger partial charge in [0.15, 0.2) is 0 Å². The summed E-state index contributed by atoms with van der Waals surface area (Å²) in [4.78, 5) is 25.0. The predicted molar refractivity (Wildman–Crippen MR) is 92.3 cm³/mol. The number of carbonyl (C=O) groups excluding carboxylic acids is 2. The Labute approximate surface area is 139 Å². The monoisotopic (exact) mass is 332 g/mol. The molecule has 0 radical (unpaired) electrons. The molecule has 0 spiro atoms. The van der Waals surface area contributed by atoms with Gasteiger partial charge in [-0.05, 0) is 42.0 Å². The minimum absolute atomic E-state index is 0.0245. The molecule has 122 valence electrons. The Kier molecular flexibility index (Phi) is 6.31. The van der Waals surface area contributed by atoms with Gasteiger partial charge < -0.3 is 15.7 Å². The van der Waals surface area contributed by atoms with Crippen LogP contribution in [0.1, 0.15) is 19.8 Å². The smallest absolute Gasteiger partial charge is 0.313 e. The summed E-state index contributed by atoms with van der Waals surface area (Å²) < 4.78 is 0. The van der Waals surface area contributed by atoms with Crippen molar-refractivity contribution >= 4 is 28.8 Å². The van der Waals surface area contributed by atoms with E-state index in [9.17, 15) is 9.59 Å². The van der Waals surface area contributed by atoms with Crippen molar-refractivity contribution in [2.75, 3.05) is 11.9 Å². The van der Waals surface area contributed by atoms with Gasteiger partial charge in [-0.1, -0.05) is 25.1 Å². The van der Waals surface area contributed by atoms with E-state index in [1.165, 1.54) is 0 Å². The molecule has 0 aliphatic carbocycles. The molecule has 6 heteroatoms. The second-order valence-corrected chi connectivity index (χ2v) is 6.05. The van der Waals surface area contributed by atoms with Crippen LogP contribution in [0.4, 0.5) is 5.69 Å². The number of hydrogen-bond donors (Lipinski definition) is 3. The largest absolute Gasteiger partial charge is 0.396 e. The molecule has 0 aliphatic heterocycles. The summed E-state index contributed by atoms with van der Waals surface area (Å²) >= 11 is 1.61. The first-order valence-electron chi connectivity index (χ1n) is 7.50. The average molecular weight is 332 g/mol. The average Bonchev–Trinajstić information content (AvgIpc) is 3.09. The molecule has 1 atom stereocenters. The number of aliphatic hydroxyl groups is 1. The van der Waals surface area contributed by atoms with Gasteiger partial charge in [0.25, 0.3) is 0 Å². The Morgan fingerprint density at radius 3 is 2.70 bits per heavy atom. The number of aliphatic hydroxyl groups excluding tert-OH is 1. The normalized spacial score (nSPS) is 11.7. The first kappa shape index (κ1) is 17.2. The standard InChI is InChI=1S/C17H20N2O3S/c1-2-13(8-9-20)18-16(21)17(22)19-14-6-3-5-12(11-14)15-7-4-10-23-15/h3-7,10-11,13,20H,2,8-9H2,1H3,(H,18,21)(H,19,22). The van der Waals surface area contributed by atoms with Crippen molar-refractivity contribution in [2.24, 2.45) is 0 Å². The van der Waals surface area contributed by atoms with E-state index in [-0.39, 0.29) is 12.6 Å². The molecule has 0 aliphatic rings. The molecule has 0 fully saturated rings. The van der Waals surface area contributed by atoms with Crippen LogP contribution in [0.2, 0.25) is 0 Å². The number of thiophene rings is 1. The van der Waals surface area contributed by atoms with Gasteiger partial charge in [0, 0.05) is 23.2 Å². The lowest BCUT2D eigenvalue weighted by Crippen LogP contribution is -2.42. The maximum atomic E-state index is 12.0. The highest BCUT2D eigenvalue weighted by atomic mass is 32.1. The Morgan fingerprint density at radius 2 is 2.04 bits per heavy atom. The van der Waals surface area contributed by atoms with Crippen molar-refractivity contribution in [2.45, 2.75) is 25.8 Å². The highest BCUT2D eigenvalue weighted by Crippen LogP contribution is 2.26. The third-order valence-corrected chi connectivity index (χ3v) is 4.36. The molecule has 2 aromatic rings. The van der Waals surface area contributed by atoms with E-state index in [1.807, 2.05) is 42.6 Å². The molecule has 1 aromatic carbocycles. The topological polar surface area (TPSA) is 78.4 Å². The second kappa shape index (κ2) is 8.45. The molecule has 1 unspecified atom stereocenters. The van der Waals surface area contributed by atoms with Crippen LogP contribution in [0.25, 0.3) is 10.4 Å². The van der Waals surface area contributed by atoms with E-state index in [4.69, 9.17) is 5.11 Å².